The number of aromatic nitrogens is 1. The highest BCUT2D eigenvalue weighted by molar-refractivity contribution is 9.09. The minimum atomic E-state index is 0.428. The van der Waals surface area contributed by atoms with E-state index in [1.807, 2.05) is 0 Å². The molecule has 2 heteroatoms. The van der Waals surface area contributed by atoms with Gasteiger partial charge in [-0.1, -0.05) is 46.3 Å². The number of hydrogen-bond donors (Lipinski definition) is 0. The van der Waals surface area contributed by atoms with E-state index >= 15 is 0 Å². The van der Waals surface area contributed by atoms with Crippen LogP contribution in [0.3, 0.4) is 0 Å². The highest BCUT2D eigenvalue weighted by atomic mass is 79.9. The first-order valence-corrected chi connectivity index (χ1v) is 6.45. The zero-order chi connectivity index (χ0) is 11.0. The van der Waals surface area contributed by atoms with Crippen LogP contribution < -0.4 is 4.57 Å². The van der Waals surface area contributed by atoms with E-state index < -0.39 is 0 Å². The third kappa shape index (κ3) is 1.57. The van der Waals surface area contributed by atoms with Crippen molar-refractivity contribution in [3.63, 3.8) is 0 Å². The molecule has 0 aliphatic heterocycles. The van der Waals surface area contributed by atoms with E-state index in [-0.39, 0.29) is 0 Å². The number of benzene rings is 1. The van der Waals surface area contributed by atoms with Crippen molar-refractivity contribution in [1.82, 2.24) is 0 Å². The number of fused-ring (bicyclic) bond motifs is 1. The van der Waals surface area contributed by atoms with Crippen molar-refractivity contribution in [1.29, 1.82) is 0 Å². The topological polar surface area (TPSA) is 3.88 Å². The SMILES string of the molecule is Br[C@H]1Cc2ccccc2[C@@H]1[n+]1ccccc1. The van der Waals surface area contributed by atoms with Gasteiger partial charge in [0.05, 0.1) is 4.83 Å². The molecule has 1 heterocycles. The molecule has 0 saturated carbocycles. The molecular formula is C14H13BrN+. The van der Waals surface area contributed by atoms with Crippen molar-refractivity contribution in [3.8, 4) is 0 Å². The van der Waals surface area contributed by atoms with Crippen molar-refractivity contribution in [3.05, 3.63) is 66.0 Å². The fourth-order valence-electron chi connectivity index (χ4n) is 2.47. The Labute approximate surface area is 104 Å². The van der Waals surface area contributed by atoms with E-state index in [9.17, 15) is 0 Å². The molecule has 0 saturated heterocycles. The first kappa shape index (κ1) is 10.0. The van der Waals surface area contributed by atoms with Gasteiger partial charge in [-0.25, -0.2) is 0 Å². The lowest BCUT2D eigenvalue weighted by Gasteiger charge is -2.10. The number of pyridine rings is 1. The molecule has 3 rings (SSSR count). The molecule has 2 aromatic rings. The first-order chi connectivity index (χ1) is 7.86. The summed E-state index contributed by atoms with van der Waals surface area (Å²) in [6, 6.07) is 15.4. The highest BCUT2D eigenvalue weighted by Gasteiger charge is 2.36. The average molecular weight is 275 g/mol. The van der Waals surface area contributed by atoms with E-state index in [1.165, 1.54) is 11.1 Å². The molecule has 0 unspecified atom stereocenters. The van der Waals surface area contributed by atoms with Crippen molar-refractivity contribution in [2.24, 2.45) is 0 Å². The molecule has 1 nitrogen and oxygen atoms in total. The molecule has 0 spiro atoms. The van der Waals surface area contributed by atoms with Crippen molar-refractivity contribution in [2.45, 2.75) is 17.3 Å². The lowest BCUT2D eigenvalue weighted by atomic mass is 10.1. The molecule has 0 amide bonds. The predicted octanol–water partition coefficient (Wildman–Crippen LogP) is 2.88. The molecule has 1 aromatic carbocycles. The van der Waals surface area contributed by atoms with Gasteiger partial charge in [0.1, 0.15) is 0 Å². The van der Waals surface area contributed by atoms with Crippen molar-refractivity contribution < 1.29 is 4.57 Å². The molecule has 2 atom stereocenters. The summed E-state index contributed by atoms with van der Waals surface area (Å²) in [5.41, 5.74) is 2.91. The summed E-state index contributed by atoms with van der Waals surface area (Å²) >= 11 is 3.80. The number of rotatable bonds is 1. The van der Waals surface area contributed by atoms with Crippen LogP contribution in [0, 0.1) is 0 Å². The minimum absolute atomic E-state index is 0.428. The third-order valence-electron chi connectivity index (χ3n) is 3.19. The Bertz CT molecular complexity index is 495. The summed E-state index contributed by atoms with van der Waals surface area (Å²) < 4.78 is 2.28. The van der Waals surface area contributed by atoms with Crippen LogP contribution >= 0.6 is 15.9 Å². The fraction of sp³-hybridized carbons (Fsp3) is 0.214. The average Bonchev–Trinajstić information content (AvgIpc) is 2.66. The van der Waals surface area contributed by atoms with E-state index in [4.69, 9.17) is 0 Å². The van der Waals surface area contributed by atoms with Crippen LogP contribution in [0.25, 0.3) is 0 Å². The van der Waals surface area contributed by atoms with E-state index in [2.05, 4.69) is 75.4 Å². The van der Waals surface area contributed by atoms with Crippen molar-refractivity contribution in [2.75, 3.05) is 0 Å². The normalized spacial score (nSPS) is 23.1. The Balaban J connectivity index is 2.09. The summed E-state index contributed by atoms with van der Waals surface area (Å²) in [7, 11) is 0. The van der Waals surface area contributed by atoms with Crippen LogP contribution in [-0.4, -0.2) is 4.83 Å². The lowest BCUT2D eigenvalue weighted by molar-refractivity contribution is -0.711. The second-order valence-electron chi connectivity index (χ2n) is 4.19. The van der Waals surface area contributed by atoms with Crippen LogP contribution in [0.5, 0.6) is 0 Å². The van der Waals surface area contributed by atoms with Crippen molar-refractivity contribution >= 4 is 15.9 Å². The second kappa shape index (κ2) is 4.02. The van der Waals surface area contributed by atoms with Gasteiger partial charge in [0.2, 0.25) is 0 Å². The summed E-state index contributed by atoms with van der Waals surface area (Å²) in [6.45, 7) is 0. The maximum Gasteiger partial charge on any atom is 0.196 e. The van der Waals surface area contributed by atoms with Gasteiger partial charge in [-0.15, -0.1) is 0 Å². The number of halogens is 1. The minimum Gasteiger partial charge on any atom is -0.197 e. The van der Waals surface area contributed by atoms with Gasteiger partial charge >= 0.3 is 0 Å². The Kier molecular flexibility index (Phi) is 2.52. The molecule has 0 N–H and O–H groups in total. The van der Waals surface area contributed by atoms with E-state index in [0.717, 1.165) is 6.42 Å². The fourth-order valence-corrected chi connectivity index (χ4v) is 3.38. The van der Waals surface area contributed by atoms with Crippen LogP contribution in [0.15, 0.2) is 54.9 Å². The lowest BCUT2D eigenvalue weighted by Crippen LogP contribution is -2.42. The maximum atomic E-state index is 3.80. The van der Waals surface area contributed by atoms with Gasteiger partial charge in [-0.05, 0) is 12.0 Å². The van der Waals surface area contributed by atoms with E-state index in [0.29, 0.717) is 10.9 Å². The highest BCUT2D eigenvalue weighted by Crippen LogP contribution is 2.35. The standard InChI is InChI=1S/C14H13BrN/c15-13-10-11-6-2-3-7-12(11)14(13)16-8-4-1-5-9-16/h1-9,13-14H,10H2/q+1/t13-,14-/m0/s1. The zero-order valence-electron chi connectivity index (χ0n) is 8.88. The molecule has 16 heavy (non-hydrogen) atoms. The Morgan fingerprint density at radius 1 is 1.00 bits per heavy atom. The van der Waals surface area contributed by atoms with Gasteiger partial charge < -0.3 is 0 Å². The van der Waals surface area contributed by atoms with Gasteiger partial charge in [0.15, 0.2) is 18.4 Å². The molecule has 0 radical (unpaired) electrons. The monoisotopic (exact) mass is 274 g/mol. The molecule has 1 aromatic heterocycles. The molecule has 0 fully saturated rings. The summed E-state index contributed by atoms with van der Waals surface area (Å²) in [5, 5.41) is 0. The van der Waals surface area contributed by atoms with E-state index in [1.54, 1.807) is 0 Å². The molecule has 1 aliphatic rings. The molecular weight excluding hydrogens is 262 g/mol. The predicted molar refractivity (Wildman–Crippen MR) is 67.6 cm³/mol. The summed E-state index contributed by atoms with van der Waals surface area (Å²) in [4.78, 5) is 0.498. The van der Waals surface area contributed by atoms with Gasteiger partial charge in [-0.2, -0.15) is 4.57 Å². The molecule has 0 bridgehead atoms. The molecule has 1 aliphatic carbocycles. The van der Waals surface area contributed by atoms with Crippen LogP contribution in [0.4, 0.5) is 0 Å². The van der Waals surface area contributed by atoms with Crippen LogP contribution in [0.2, 0.25) is 0 Å². The Morgan fingerprint density at radius 2 is 1.75 bits per heavy atom. The maximum absolute atomic E-state index is 3.80. The number of nitrogens with zero attached hydrogens (tertiary/aromatic N) is 1. The first-order valence-electron chi connectivity index (χ1n) is 5.54. The van der Waals surface area contributed by atoms with Gasteiger partial charge in [0, 0.05) is 17.7 Å². The molecule has 80 valence electrons. The Morgan fingerprint density at radius 3 is 2.56 bits per heavy atom. The van der Waals surface area contributed by atoms with Crippen LogP contribution in [0.1, 0.15) is 17.2 Å². The summed E-state index contributed by atoms with van der Waals surface area (Å²) in [5.74, 6) is 0. The number of hydrogen-bond acceptors (Lipinski definition) is 0. The van der Waals surface area contributed by atoms with Gasteiger partial charge in [-0.3, -0.25) is 0 Å². The smallest absolute Gasteiger partial charge is 0.196 e. The quantitative estimate of drug-likeness (QED) is 0.556. The second-order valence-corrected chi connectivity index (χ2v) is 5.36. The van der Waals surface area contributed by atoms with Gasteiger partial charge in [0.25, 0.3) is 0 Å². The largest absolute Gasteiger partial charge is 0.197 e. The zero-order valence-corrected chi connectivity index (χ0v) is 10.5. The van der Waals surface area contributed by atoms with Crippen LogP contribution in [-0.2, 0) is 6.42 Å². The third-order valence-corrected chi connectivity index (χ3v) is 4.02. The number of alkyl halides is 1. The summed E-state index contributed by atoms with van der Waals surface area (Å²) in [6.07, 6.45) is 5.39. The Hall–Kier alpha value is -1.15.